The smallest absolute Gasteiger partial charge is 0.222 e. The summed E-state index contributed by atoms with van der Waals surface area (Å²) in [6.45, 7) is 2.84. The van der Waals surface area contributed by atoms with Crippen LogP contribution in [0.15, 0.2) is 24.3 Å². The van der Waals surface area contributed by atoms with Crippen LogP contribution in [0.5, 0.6) is 5.75 Å². The first kappa shape index (κ1) is 12.9. The minimum atomic E-state index is 0.271. The molecule has 1 aliphatic rings. The number of para-hydroxylation sites is 1. The Bertz CT molecular complexity index is 417. The van der Waals surface area contributed by atoms with Gasteiger partial charge in [0.2, 0.25) is 5.91 Å². The summed E-state index contributed by atoms with van der Waals surface area (Å²) in [5.74, 6) is 1.20. The number of hydrogen-bond acceptors (Lipinski definition) is 2. The topological polar surface area (TPSA) is 29.5 Å². The molecule has 0 N–H and O–H groups in total. The van der Waals surface area contributed by atoms with Gasteiger partial charge in [0.1, 0.15) is 5.75 Å². The van der Waals surface area contributed by atoms with Gasteiger partial charge in [-0.1, -0.05) is 25.1 Å². The van der Waals surface area contributed by atoms with Gasteiger partial charge in [0.25, 0.3) is 0 Å². The monoisotopic (exact) mass is 247 g/mol. The quantitative estimate of drug-likeness (QED) is 0.818. The summed E-state index contributed by atoms with van der Waals surface area (Å²) in [5, 5.41) is 0. The molecule has 1 atom stereocenters. The normalized spacial score (nSPS) is 19.0. The predicted octanol–water partition coefficient (Wildman–Crippen LogP) is 2.64. The molecule has 3 heteroatoms. The molecule has 1 amide bonds. The molecule has 0 aliphatic carbocycles. The molecule has 2 rings (SSSR count). The van der Waals surface area contributed by atoms with Crippen LogP contribution in [-0.4, -0.2) is 30.5 Å². The Morgan fingerprint density at radius 1 is 1.44 bits per heavy atom. The van der Waals surface area contributed by atoms with Gasteiger partial charge >= 0.3 is 0 Å². The van der Waals surface area contributed by atoms with E-state index >= 15 is 0 Å². The first-order valence-electron chi connectivity index (χ1n) is 6.67. The van der Waals surface area contributed by atoms with Crippen molar-refractivity contribution >= 4 is 5.91 Å². The zero-order valence-electron chi connectivity index (χ0n) is 11.2. The van der Waals surface area contributed by atoms with E-state index < -0.39 is 0 Å². The molecule has 1 fully saturated rings. The average molecular weight is 247 g/mol. The summed E-state index contributed by atoms with van der Waals surface area (Å²) in [6.07, 6.45) is 3.72. The molecule has 18 heavy (non-hydrogen) atoms. The fourth-order valence-corrected chi connectivity index (χ4v) is 2.70. The van der Waals surface area contributed by atoms with Gasteiger partial charge < -0.3 is 9.64 Å². The van der Waals surface area contributed by atoms with E-state index in [1.807, 2.05) is 30.0 Å². The molecule has 1 unspecified atom stereocenters. The molecule has 98 valence electrons. The number of amides is 1. The Morgan fingerprint density at radius 3 is 2.94 bits per heavy atom. The van der Waals surface area contributed by atoms with Gasteiger partial charge in [0.05, 0.1) is 7.11 Å². The summed E-state index contributed by atoms with van der Waals surface area (Å²) >= 11 is 0. The first-order chi connectivity index (χ1) is 8.76. The second kappa shape index (κ2) is 5.89. The molecule has 1 aromatic carbocycles. The third-order valence-corrected chi connectivity index (χ3v) is 3.65. The van der Waals surface area contributed by atoms with Crippen molar-refractivity contribution in [1.29, 1.82) is 0 Å². The van der Waals surface area contributed by atoms with Gasteiger partial charge in [0.15, 0.2) is 0 Å². The standard InChI is InChI=1S/C15H21NO2/c1-3-15(17)16-10-6-8-13(16)11-12-7-4-5-9-14(12)18-2/h4-5,7,9,13H,3,6,8,10-11H2,1-2H3. The Morgan fingerprint density at radius 2 is 2.22 bits per heavy atom. The zero-order chi connectivity index (χ0) is 13.0. The molecule has 0 saturated carbocycles. The first-order valence-corrected chi connectivity index (χ1v) is 6.67. The lowest BCUT2D eigenvalue weighted by molar-refractivity contribution is -0.131. The highest BCUT2D eigenvalue weighted by Crippen LogP contribution is 2.26. The van der Waals surface area contributed by atoms with Gasteiger partial charge in [-0.15, -0.1) is 0 Å². The van der Waals surface area contributed by atoms with Gasteiger partial charge in [-0.3, -0.25) is 4.79 Å². The van der Waals surface area contributed by atoms with Crippen LogP contribution in [0.4, 0.5) is 0 Å². The molecular weight excluding hydrogens is 226 g/mol. The van der Waals surface area contributed by atoms with Crippen molar-refractivity contribution in [3.8, 4) is 5.75 Å². The second-order valence-electron chi connectivity index (χ2n) is 4.75. The van der Waals surface area contributed by atoms with Crippen molar-refractivity contribution in [1.82, 2.24) is 4.90 Å². The highest BCUT2D eigenvalue weighted by atomic mass is 16.5. The summed E-state index contributed by atoms with van der Waals surface area (Å²) in [5.41, 5.74) is 1.20. The van der Waals surface area contributed by atoms with E-state index in [9.17, 15) is 4.79 Å². The number of nitrogens with zero attached hydrogens (tertiary/aromatic N) is 1. The number of benzene rings is 1. The van der Waals surface area contributed by atoms with Crippen LogP contribution in [0.3, 0.4) is 0 Å². The molecule has 0 radical (unpaired) electrons. The third-order valence-electron chi connectivity index (χ3n) is 3.65. The fourth-order valence-electron chi connectivity index (χ4n) is 2.70. The van der Waals surface area contributed by atoms with E-state index in [4.69, 9.17) is 4.74 Å². The summed E-state index contributed by atoms with van der Waals surface area (Å²) < 4.78 is 5.37. The number of rotatable bonds is 4. The Balaban J connectivity index is 2.10. The zero-order valence-corrected chi connectivity index (χ0v) is 11.2. The molecule has 1 aromatic rings. The molecule has 1 heterocycles. The Labute approximate surface area is 109 Å². The summed E-state index contributed by atoms with van der Waals surface area (Å²) in [4.78, 5) is 13.9. The van der Waals surface area contributed by atoms with Crippen LogP contribution in [0, 0.1) is 0 Å². The lowest BCUT2D eigenvalue weighted by Gasteiger charge is -2.25. The van der Waals surface area contributed by atoms with Gasteiger partial charge in [0, 0.05) is 19.0 Å². The SMILES string of the molecule is CCC(=O)N1CCCC1Cc1ccccc1OC. The van der Waals surface area contributed by atoms with Gasteiger partial charge in [-0.2, -0.15) is 0 Å². The van der Waals surface area contributed by atoms with Crippen molar-refractivity contribution in [2.45, 2.75) is 38.6 Å². The van der Waals surface area contributed by atoms with Crippen LogP contribution in [-0.2, 0) is 11.2 Å². The molecule has 1 saturated heterocycles. The largest absolute Gasteiger partial charge is 0.496 e. The molecule has 0 bridgehead atoms. The van der Waals surface area contributed by atoms with Crippen LogP contribution >= 0.6 is 0 Å². The molecule has 0 aromatic heterocycles. The van der Waals surface area contributed by atoms with Crippen molar-refractivity contribution < 1.29 is 9.53 Å². The van der Waals surface area contributed by atoms with Crippen molar-refractivity contribution in [3.05, 3.63) is 29.8 Å². The van der Waals surface area contributed by atoms with Crippen molar-refractivity contribution in [3.63, 3.8) is 0 Å². The Kier molecular flexibility index (Phi) is 4.24. The maximum absolute atomic E-state index is 11.9. The van der Waals surface area contributed by atoms with E-state index in [-0.39, 0.29) is 5.91 Å². The molecule has 3 nitrogen and oxygen atoms in total. The molecule has 1 aliphatic heterocycles. The van der Waals surface area contributed by atoms with Gasteiger partial charge in [-0.25, -0.2) is 0 Å². The van der Waals surface area contributed by atoms with E-state index in [1.165, 1.54) is 5.56 Å². The van der Waals surface area contributed by atoms with Crippen LogP contribution in [0.2, 0.25) is 0 Å². The Hall–Kier alpha value is -1.51. The maximum Gasteiger partial charge on any atom is 0.222 e. The summed E-state index contributed by atoms with van der Waals surface area (Å²) in [7, 11) is 1.70. The number of methoxy groups -OCH3 is 1. The van der Waals surface area contributed by atoms with Crippen molar-refractivity contribution in [2.24, 2.45) is 0 Å². The van der Waals surface area contributed by atoms with E-state index in [0.29, 0.717) is 12.5 Å². The van der Waals surface area contributed by atoms with E-state index in [0.717, 1.165) is 31.6 Å². The number of carbonyl (C=O) groups excluding carboxylic acids is 1. The van der Waals surface area contributed by atoms with E-state index in [2.05, 4.69) is 6.07 Å². The highest BCUT2D eigenvalue weighted by molar-refractivity contribution is 5.76. The highest BCUT2D eigenvalue weighted by Gasteiger charge is 2.28. The maximum atomic E-state index is 11.9. The van der Waals surface area contributed by atoms with Gasteiger partial charge in [-0.05, 0) is 30.9 Å². The number of carbonyl (C=O) groups is 1. The fraction of sp³-hybridized carbons (Fsp3) is 0.533. The third kappa shape index (κ3) is 2.66. The molecular formula is C15H21NO2. The minimum Gasteiger partial charge on any atom is -0.496 e. The lowest BCUT2D eigenvalue weighted by atomic mass is 10.0. The van der Waals surface area contributed by atoms with Crippen LogP contribution in [0.25, 0.3) is 0 Å². The number of likely N-dealkylation sites (tertiary alicyclic amines) is 1. The average Bonchev–Trinajstić information content (AvgIpc) is 2.86. The number of hydrogen-bond donors (Lipinski definition) is 0. The van der Waals surface area contributed by atoms with E-state index in [1.54, 1.807) is 7.11 Å². The minimum absolute atomic E-state index is 0.271. The van der Waals surface area contributed by atoms with Crippen LogP contribution < -0.4 is 4.74 Å². The lowest BCUT2D eigenvalue weighted by Crippen LogP contribution is -2.36. The summed E-state index contributed by atoms with van der Waals surface area (Å²) in [6, 6.07) is 8.42. The van der Waals surface area contributed by atoms with Crippen molar-refractivity contribution in [2.75, 3.05) is 13.7 Å². The van der Waals surface area contributed by atoms with Crippen LogP contribution in [0.1, 0.15) is 31.7 Å². The molecule has 0 spiro atoms. The second-order valence-corrected chi connectivity index (χ2v) is 4.75. The number of ether oxygens (including phenoxy) is 1. The predicted molar refractivity (Wildman–Crippen MR) is 71.7 cm³/mol.